The lowest BCUT2D eigenvalue weighted by Crippen LogP contribution is -2.11. The lowest BCUT2D eigenvalue weighted by molar-refractivity contribution is 0.524. The Morgan fingerprint density at radius 2 is 2.12 bits per heavy atom. The maximum absolute atomic E-state index is 4.74. The van der Waals surface area contributed by atoms with Crippen LogP contribution in [0.3, 0.4) is 0 Å². The number of nitrogens with zero attached hydrogens (tertiary/aromatic N) is 2. The van der Waals surface area contributed by atoms with Crippen molar-refractivity contribution in [2.45, 2.75) is 33.2 Å². The molecule has 0 radical (unpaired) electrons. The summed E-state index contributed by atoms with van der Waals surface area (Å²) in [5.41, 5.74) is 2.39. The Morgan fingerprint density at radius 1 is 1.35 bits per heavy atom. The Morgan fingerprint density at radius 3 is 2.82 bits per heavy atom. The lowest BCUT2D eigenvalue weighted by Gasteiger charge is -2.12. The summed E-state index contributed by atoms with van der Waals surface area (Å²) >= 11 is 3.55. The van der Waals surface area contributed by atoms with E-state index in [1.165, 1.54) is 11.3 Å². The zero-order valence-corrected chi connectivity index (χ0v) is 12.1. The van der Waals surface area contributed by atoms with Crippen LogP contribution in [0, 0.1) is 5.92 Å². The van der Waals surface area contributed by atoms with E-state index in [-0.39, 0.29) is 0 Å². The maximum atomic E-state index is 4.74. The third-order valence-electron chi connectivity index (χ3n) is 2.96. The summed E-state index contributed by atoms with van der Waals surface area (Å²) < 4.78 is 2.38. The van der Waals surface area contributed by atoms with Crippen LogP contribution in [0.5, 0.6) is 0 Å². The molecule has 0 amide bonds. The summed E-state index contributed by atoms with van der Waals surface area (Å²) in [6, 6.07) is 8.42. The van der Waals surface area contributed by atoms with E-state index in [1.807, 2.05) is 0 Å². The number of fused-ring (bicyclic) bond motifs is 1. The second-order valence-corrected chi connectivity index (χ2v) is 5.28. The van der Waals surface area contributed by atoms with Crippen LogP contribution in [0.15, 0.2) is 24.3 Å². The van der Waals surface area contributed by atoms with Crippen molar-refractivity contribution >= 4 is 27.0 Å². The van der Waals surface area contributed by atoms with Gasteiger partial charge in [0.15, 0.2) is 0 Å². The van der Waals surface area contributed by atoms with Crippen LogP contribution in [0.2, 0.25) is 0 Å². The Labute approximate surface area is 111 Å². The van der Waals surface area contributed by atoms with Crippen molar-refractivity contribution in [2.24, 2.45) is 5.92 Å². The van der Waals surface area contributed by atoms with Crippen molar-refractivity contribution in [3.8, 4) is 0 Å². The molecule has 1 aromatic carbocycles. The molecule has 1 unspecified atom stereocenters. The fourth-order valence-electron chi connectivity index (χ4n) is 2.10. The number of benzene rings is 1. The molecule has 0 saturated heterocycles. The quantitative estimate of drug-likeness (QED) is 0.762. The summed E-state index contributed by atoms with van der Waals surface area (Å²) in [4.78, 5) is 4.74. The third kappa shape index (κ3) is 2.71. The lowest BCUT2D eigenvalue weighted by atomic mass is 10.2. The van der Waals surface area contributed by atoms with E-state index in [1.54, 1.807) is 0 Å². The zero-order chi connectivity index (χ0) is 12.3. The fourth-order valence-corrected chi connectivity index (χ4v) is 2.31. The highest BCUT2D eigenvalue weighted by Crippen LogP contribution is 2.19. The van der Waals surface area contributed by atoms with Gasteiger partial charge in [0.2, 0.25) is 0 Å². The SMILES string of the molecule is CCCc1nc2ccccc2n1CC(C)CBr. The zero-order valence-electron chi connectivity index (χ0n) is 10.5. The summed E-state index contributed by atoms with van der Waals surface area (Å²) in [6.07, 6.45) is 2.20. The second kappa shape index (κ2) is 5.67. The van der Waals surface area contributed by atoms with Crippen LogP contribution >= 0.6 is 15.9 Å². The minimum absolute atomic E-state index is 0.628. The molecule has 0 fully saturated rings. The number of hydrogen-bond acceptors (Lipinski definition) is 1. The third-order valence-corrected chi connectivity index (χ3v) is 4.07. The minimum Gasteiger partial charge on any atom is -0.328 e. The van der Waals surface area contributed by atoms with Gasteiger partial charge in [-0.05, 0) is 24.5 Å². The molecular weight excluding hydrogens is 276 g/mol. The molecular formula is C14H19BrN2. The first-order chi connectivity index (χ1) is 8.26. The van der Waals surface area contributed by atoms with E-state index in [9.17, 15) is 0 Å². The molecule has 0 saturated carbocycles. The Bertz CT molecular complexity index is 490. The number of imidazole rings is 1. The van der Waals surface area contributed by atoms with Crippen LogP contribution in [-0.2, 0) is 13.0 Å². The molecule has 0 aliphatic carbocycles. The van der Waals surface area contributed by atoms with Gasteiger partial charge in [-0.25, -0.2) is 4.98 Å². The van der Waals surface area contributed by atoms with E-state index < -0.39 is 0 Å². The van der Waals surface area contributed by atoms with Crippen molar-refractivity contribution in [1.29, 1.82) is 0 Å². The first-order valence-electron chi connectivity index (χ1n) is 6.26. The monoisotopic (exact) mass is 294 g/mol. The van der Waals surface area contributed by atoms with Crippen LogP contribution < -0.4 is 0 Å². The van der Waals surface area contributed by atoms with Gasteiger partial charge in [-0.1, -0.05) is 41.9 Å². The van der Waals surface area contributed by atoms with Gasteiger partial charge in [0, 0.05) is 18.3 Å². The summed E-state index contributed by atoms with van der Waals surface area (Å²) in [7, 11) is 0. The van der Waals surface area contributed by atoms with E-state index in [0.29, 0.717) is 5.92 Å². The summed E-state index contributed by atoms with van der Waals surface area (Å²) in [5.74, 6) is 1.85. The van der Waals surface area contributed by atoms with Gasteiger partial charge < -0.3 is 4.57 Å². The molecule has 0 aliphatic heterocycles. The standard InChI is InChI=1S/C14H19BrN2/c1-3-6-14-16-12-7-4-5-8-13(12)17(14)10-11(2)9-15/h4-5,7-8,11H,3,6,9-10H2,1-2H3. The molecule has 2 aromatic rings. The average Bonchev–Trinajstić information content (AvgIpc) is 2.68. The molecule has 1 atom stereocenters. The number of rotatable bonds is 5. The molecule has 0 N–H and O–H groups in total. The van der Waals surface area contributed by atoms with Gasteiger partial charge in [-0.15, -0.1) is 0 Å². The first-order valence-corrected chi connectivity index (χ1v) is 7.38. The van der Waals surface area contributed by atoms with Crippen molar-refractivity contribution in [1.82, 2.24) is 9.55 Å². The van der Waals surface area contributed by atoms with Crippen LogP contribution in [-0.4, -0.2) is 14.9 Å². The van der Waals surface area contributed by atoms with Crippen LogP contribution in [0.25, 0.3) is 11.0 Å². The minimum atomic E-state index is 0.628. The molecule has 1 heterocycles. The van der Waals surface area contributed by atoms with E-state index >= 15 is 0 Å². The molecule has 0 spiro atoms. The number of aryl methyl sites for hydroxylation is 1. The molecule has 0 bridgehead atoms. The molecule has 2 nitrogen and oxygen atoms in total. The number of alkyl halides is 1. The van der Waals surface area contributed by atoms with Crippen molar-refractivity contribution in [3.63, 3.8) is 0 Å². The van der Waals surface area contributed by atoms with Gasteiger partial charge in [-0.3, -0.25) is 0 Å². The summed E-state index contributed by atoms with van der Waals surface area (Å²) in [6.45, 7) is 5.51. The number of halogens is 1. The average molecular weight is 295 g/mol. The highest BCUT2D eigenvalue weighted by Gasteiger charge is 2.11. The number of hydrogen-bond donors (Lipinski definition) is 0. The molecule has 2 rings (SSSR count). The Hall–Kier alpha value is -0.830. The molecule has 17 heavy (non-hydrogen) atoms. The van der Waals surface area contributed by atoms with E-state index in [2.05, 4.69) is 58.6 Å². The number of aromatic nitrogens is 2. The van der Waals surface area contributed by atoms with Crippen LogP contribution in [0.1, 0.15) is 26.1 Å². The topological polar surface area (TPSA) is 17.8 Å². The van der Waals surface area contributed by atoms with Gasteiger partial charge in [-0.2, -0.15) is 0 Å². The smallest absolute Gasteiger partial charge is 0.109 e. The number of para-hydroxylation sites is 2. The van der Waals surface area contributed by atoms with Gasteiger partial charge in [0.05, 0.1) is 11.0 Å². The van der Waals surface area contributed by atoms with Crippen molar-refractivity contribution in [3.05, 3.63) is 30.1 Å². The predicted molar refractivity (Wildman–Crippen MR) is 76.7 cm³/mol. The molecule has 1 aromatic heterocycles. The van der Waals surface area contributed by atoms with Gasteiger partial charge in [0.1, 0.15) is 5.82 Å². The van der Waals surface area contributed by atoms with Crippen molar-refractivity contribution in [2.75, 3.05) is 5.33 Å². The fraction of sp³-hybridized carbons (Fsp3) is 0.500. The highest BCUT2D eigenvalue weighted by atomic mass is 79.9. The Kier molecular flexibility index (Phi) is 4.21. The van der Waals surface area contributed by atoms with Crippen molar-refractivity contribution < 1.29 is 0 Å². The Balaban J connectivity index is 2.44. The van der Waals surface area contributed by atoms with E-state index in [4.69, 9.17) is 4.98 Å². The second-order valence-electron chi connectivity index (χ2n) is 4.64. The highest BCUT2D eigenvalue weighted by molar-refractivity contribution is 9.09. The molecule has 3 heteroatoms. The first kappa shape index (κ1) is 12.6. The normalized spacial score (nSPS) is 13.1. The maximum Gasteiger partial charge on any atom is 0.109 e. The molecule has 92 valence electrons. The largest absolute Gasteiger partial charge is 0.328 e. The predicted octanol–water partition coefficient (Wildman–Crippen LogP) is 4.02. The van der Waals surface area contributed by atoms with E-state index in [0.717, 1.165) is 30.2 Å². The van der Waals surface area contributed by atoms with Crippen LogP contribution in [0.4, 0.5) is 0 Å². The van der Waals surface area contributed by atoms with Gasteiger partial charge in [0.25, 0.3) is 0 Å². The van der Waals surface area contributed by atoms with Gasteiger partial charge >= 0.3 is 0 Å². The molecule has 0 aliphatic rings. The summed E-state index contributed by atoms with van der Waals surface area (Å²) in [5, 5.41) is 1.03.